The molecule has 1 atom stereocenters. The Kier molecular flexibility index (Phi) is 2.51. The summed E-state index contributed by atoms with van der Waals surface area (Å²) in [7, 11) is 0. The van der Waals surface area contributed by atoms with E-state index in [2.05, 4.69) is 15.2 Å². The molecule has 0 unspecified atom stereocenters. The van der Waals surface area contributed by atoms with Gasteiger partial charge in [0.1, 0.15) is 0 Å². The lowest BCUT2D eigenvalue weighted by molar-refractivity contribution is -0.00144. The molecule has 1 aromatic heterocycles. The Morgan fingerprint density at radius 1 is 1.23 bits per heavy atom. The van der Waals surface area contributed by atoms with Crippen molar-refractivity contribution in [1.82, 2.24) is 15.2 Å². The van der Waals surface area contributed by atoms with Crippen LogP contribution in [0.1, 0.15) is 36.0 Å². The van der Waals surface area contributed by atoms with E-state index in [-0.39, 0.29) is 5.91 Å². The number of piperidine rings is 3. The summed E-state index contributed by atoms with van der Waals surface area (Å²) in [6.45, 7) is 2.46. The molecule has 4 aliphatic rings. The summed E-state index contributed by atoms with van der Waals surface area (Å²) in [5, 5.41) is 4.49. The molecule has 1 aromatic carbocycles. The van der Waals surface area contributed by atoms with Gasteiger partial charge >= 0.3 is 0 Å². The summed E-state index contributed by atoms with van der Waals surface area (Å²) in [6, 6.07) is 8.28. The Bertz CT molecular complexity index is 738. The van der Waals surface area contributed by atoms with E-state index in [0.29, 0.717) is 17.5 Å². The van der Waals surface area contributed by atoms with Crippen molar-refractivity contribution < 1.29 is 4.79 Å². The predicted molar refractivity (Wildman–Crippen MR) is 85.8 cm³/mol. The SMILES string of the molecule is O=C(N[C@H]1C2CCN(CC2)C12CC2)c1ccc2[nH]ccc2c1. The maximum Gasteiger partial charge on any atom is 0.251 e. The first-order valence-electron chi connectivity index (χ1n) is 8.39. The number of hydrogen-bond acceptors (Lipinski definition) is 2. The molecule has 4 fully saturated rings. The first-order valence-corrected chi connectivity index (χ1v) is 8.39. The molecule has 2 N–H and O–H groups in total. The Morgan fingerprint density at radius 3 is 2.82 bits per heavy atom. The first-order chi connectivity index (χ1) is 10.8. The number of aromatic nitrogens is 1. The molecule has 3 saturated heterocycles. The first kappa shape index (κ1) is 12.7. The van der Waals surface area contributed by atoms with E-state index >= 15 is 0 Å². The number of benzene rings is 1. The summed E-state index contributed by atoms with van der Waals surface area (Å²) in [5.41, 5.74) is 2.16. The molecular weight excluding hydrogens is 274 g/mol. The predicted octanol–water partition coefficient (Wildman–Crippen LogP) is 2.52. The minimum absolute atomic E-state index is 0.0909. The highest BCUT2D eigenvalue weighted by Crippen LogP contribution is 2.53. The third-order valence-electron chi connectivity index (χ3n) is 6.08. The quantitative estimate of drug-likeness (QED) is 0.894. The third kappa shape index (κ3) is 1.70. The van der Waals surface area contributed by atoms with Gasteiger partial charge in [0.15, 0.2) is 0 Å². The van der Waals surface area contributed by atoms with Crippen LogP contribution in [0, 0.1) is 5.92 Å². The number of fused-ring (bicyclic) bond motifs is 3. The van der Waals surface area contributed by atoms with Gasteiger partial charge in [-0.1, -0.05) is 0 Å². The highest BCUT2D eigenvalue weighted by atomic mass is 16.1. The fourth-order valence-corrected chi connectivity index (χ4v) is 4.74. The molecule has 0 radical (unpaired) electrons. The van der Waals surface area contributed by atoms with Gasteiger partial charge in [-0.05, 0) is 69.0 Å². The van der Waals surface area contributed by atoms with Crippen LogP contribution in [-0.2, 0) is 0 Å². The molecule has 1 aliphatic carbocycles. The van der Waals surface area contributed by atoms with Crippen LogP contribution < -0.4 is 5.32 Å². The van der Waals surface area contributed by atoms with Crippen LogP contribution in [0.15, 0.2) is 30.5 Å². The lowest BCUT2D eigenvalue weighted by atomic mass is 9.77. The van der Waals surface area contributed by atoms with Gasteiger partial charge in [0.2, 0.25) is 0 Å². The maximum absolute atomic E-state index is 12.7. The van der Waals surface area contributed by atoms with Gasteiger partial charge in [0.05, 0.1) is 6.04 Å². The van der Waals surface area contributed by atoms with Crippen molar-refractivity contribution in [3.8, 4) is 0 Å². The third-order valence-corrected chi connectivity index (χ3v) is 6.08. The molecule has 1 saturated carbocycles. The second-order valence-corrected chi connectivity index (χ2v) is 7.16. The van der Waals surface area contributed by atoms with E-state index in [0.717, 1.165) is 16.5 Å². The normalized spacial score (nSPS) is 31.5. The van der Waals surface area contributed by atoms with E-state index in [1.165, 1.54) is 38.8 Å². The topological polar surface area (TPSA) is 48.1 Å². The lowest BCUT2D eigenvalue weighted by Crippen LogP contribution is -2.65. The van der Waals surface area contributed by atoms with Crippen molar-refractivity contribution >= 4 is 16.8 Å². The molecule has 4 heterocycles. The van der Waals surface area contributed by atoms with Gasteiger partial charge in [-0.25, -0.2) is 0 Å². The standard InChI is InChI=1S/C18H21N3O/c22-17(14-1-2-15-13(11-14)3-8-19-15)20-16-12-4-9-21(10-5-12)18(16)6-7-18/h1-3,8,11-12,16,19H,4-7,9-10H2,(H,20,22)/t16-/m0/s1. The average molecular weight is 295 g/mol. The van der Waals surface area contributed by atoms with Gasteiger partial charge in [-0.15, -0.1) is 0 Å². The fraction of sp³-hybridized carbons (Fsp3) is 0.500. The highest BCUT2D eigenvalue weighted by Gasteiger charge is 2.60. The second kappa shape index (κ2) is 4.35. The minimum atomic E-state index is 0.0909. The monoisotopic (exact) mass is 295 g/mol. The zero-order chi connectivity index (χ0) is 14.7. The van der Waals surface area contributed by atoms with Crippen LogP contribution in [-0.4, -0.2) is 40.5 Å². The van der Waals surface area contributed by atoms with Gasteiger partial charge in [-0.3, -0.25) is 9.69 Å². The van der Waals surface area contributed by atoms with Gasteiger partial charge in [-0.2, -0.15) is 0 Å². The van der Waals surface area contributed by atoms with Crippen LogP contribution in [0.3, 0.4) is 0 Å². The summed E-state index contributed by atoms with van der Waals surface area (Å²) < 4.78 is 0. The van der Waals surface area contributed by atoms with Crippen molar-refractivity contribution in [2.24, 2.45) is 5.92 Å². The summed E-state index contributed by atoms with van der Waals surface area (Å²) >= 11 is 0. The summed E-state index contributed by atoms with van der Waals surface area (Å²) in [6.07, 6.45) is 6.91. The number of rotatable bonds is 2. The number of carbonyl (C=O) groups is 1. The lowest BCUT2D eigenvalue weighted by Gasteiger charge is -2.52. The van der Waals surface area contributed by atoms with Crippen LogP contribution in [0.25, 0.3) is 10.9 Å². The molecule has 1 spiro atoms. The Morgan fingerprint density at radius 2 is 2.05 bits per heavy atom. The maximum atomic E-state index is 12.7. The summed E-state index contributed by atoms with van der Waals surface area (Å²) in [5.74, 6) is 0.764. The van der Waals surface area contributed by atoms with Gasteiger partial charge < -0.3 is 10.3 Å². The van der Waals surface area contributed by atoms with E-state index in [1.54, 1.807) is 0 Å². The minimum Gasteiger partial charge on any atom is -0.361 e. The van der Waals surface area contributed by atoms with E-state index in [4.69, 9.17) is 0 Å². The molecule has 4 heteroatoms. The molecular formula is C18H21N3O. The molecule has 3 aliphatic heterocycles. The highest BCUT2D eigenvalue weighted by molar-refractivity contribution is 5.98. The molecule has 6 rings (SSSR count). The number of hydrogen-bond donors (Lipinski definition) is 2. The number of amides is 1. The molecule has 114 valence electrons. The Balaban J connectivity index is 1.42. The van der Waals surface area contributed by atoms with Crippen LogP contribution in [0.2, 0.25) is 0 Å². The van der Waals surface area contributed by atoms with Crippen molar-refractivity contribution in [3.05, 3.63) is 36.0 Å². The van der Waals surface area contributed by atoms with Crippen LogP contribution >= 0.6 is 0 Å². The number of nitrogens with one attached hydrogen (secondary N) is 2. The Hall–Kier alpha value is -1.81. The number of H-pyrrole nitrogens is 1. The zero-order valence-electron chi connectivity index (χ0n) is 12.6. The van der Waals surface area contributed by atoms with Gasteiger partial charge in [0.25, 0.3) is 5.91 Å². The van der Waals surface area contributed by atoms with Crippen LogP contribution in [0.5, 0.6) is 0 Å². The van der Waals surface area contributed by atoms with E-state index in [1.807, 2.05) is 30.5 Å². The van der Waals surface area contributed by atoms with Gasteiger partial charge in [0, 0.05) is 28.2 Å². The zero-order valence-corrected chi connectivity index (χ0v) is 12.6. The van der Waals surface area contributed by atoms with Crippen molar-refractivity contribution in [1.29, 1.82) is 0 Å². The second-order valence-electron chi connectivity index (χ2n) is 7.16. The number of nitrogens with zero attached hydrogens (tertiary/aromatic N) is 1. The molecule has 22 heavy (non-hydrogen) atoms. The van der Waals surface area contributed by atoms with Crippen molar-refractivity contribution in [2.45, 2.75) is 37.3 Å². The van der Waals surface area contributed by atoms with Crippen LogP contribution in [0.4, 0.5) is 0 Å². The summed E-state index contributed by atoms with van der Waals surface area (Å²) in [4.78, 5) is 18.5. The molecule has 2 bridgehead atoms. The van der Waals surface area contributed by atoms with E-state index in [9.17, 15) is 4.79 Å². The molecule has 2 aromatic rings. The molecule has 1 amide bonds. The largest absolute Gasteiger partial charge is 0.361 e. The smallest absolute Gasteiger partial charge is 0.251 e. The fourth-order valence-electron chi connectivity index (χ4n) is 4.74. The van der Waals surface area contributed by atoms with E-state index < -0.39 is 0 Å². The molecule has 4 nitrogen and oxygen atoms in total. The number of carbonyl (C=O) groups excluding carboxylic acids is 1. The van der Waals surface area contributed by atoms with Crippen molar-refractivity contribution in [3.63, 3.8) is 0 Å². The van der Waals surface area contributed by atoms with Crippen molar-refractivity contribution in [2.75, 3.05) is 13.1 Å². The number of aromatic amines is 1. The average Bonchev–Trinajstić information content (AvgIpc) is 3.18. The Labute approximate surface area is 129 Å².